The molecule has 0 aliphatic carbocycles. The number of carbonyl (C=O) groups is 1. The molecule has 2 aromatic heterocycles. The number of nitrogens with one attached hydrogen (secondary N) is 1. The number of benzene rings is 1. The van der Waals surface area contributed by atoms with Gasteiger partial charge in [-0.25, -0.2) is 14.6 Å². The van der Waals surface area contributed by atoms with Crippen LogP contribution in [-0.2, 0) is 11.2 Å². The van der Waals surface area contributed by atoms with E-state index in [1.165, 1.54) is 11.3 Å². The second-order valence-corrected chi connectivity index (χ2v) is 10.1. The van der Waals surface area contributed by atoms with Crippen LogP contribution in [0.4, 0.5) is 5.69 Å². The van der Waals surface area contributed by atoms with Crippen molar-refractivity contribution in [1.82, 2.24) is 30.0 Å². The van der Waals surface area contributed by atoms with E-state index < -0.39 is 0 Å². The monoisotopic (exact) mass is 489 g/mol. The highest BCUT2D eigenvalue weighted by Crippen LogP contribution is 2.19. The molecule has 3 heterocycles. The van der Waals surface area contributed by atoms with Gasteiger partial charge in [-0.15, -0.1) is 0 Å². The number of rotatable bonds is 8. The highest BCUT2D eigenvalue weighted by Gasteiger charge is 2.20. The predicted molar refractivity (Wildman–Crippen MR) is 144 cm³/mol. The summed E-state index contributed by atoms with van der Waals surface area (Å²) in [6.45, 7) is 17.2. The fourth-order valence-electron chi connectivity index (χ4n) is 4.92. The smallest absolute Gasteiger partial charge is 0.251 e. The summed E-state index contributed by atoms with van der Waals surface area (Å²) in [5.74, 6) is 0.578. The highest BCUT2D eigenvalue weighted by molar-refractivity contribution is 5.79. The molecule has 1 fully saturated rings. The van der Waals surface area contributed by atoms with E-state index >= 15 is 0 Å². The van der Waals surface area contributed by atoms with Crippen molar-refractivity contribution in [2.24, 2.45) is 0 Å². The molecule has 0 spiro atoms. The Kier molecular flexibility index (Phi) is 8.04. The quantitative estimate of drug-likeness (QED) is 0.522. The number of hydrogen-bond acceptors (Lipinski definition) is 6. The Hall–Kier alpha value is -3.26. The topological polar surface area (TPSA) is 79.2 Å². The molecular formula is C28H39N7O. The molecule has 1 N–H and O–H groups in total. The lowest BCUT2D eigenvalue weighted by Gasteiger charge is -2.36. The molecule has 36 heavy (non-hydrogen) atoms. The zero-order chi connectivity index (χ0) is 25.8. The molecule has 8 heteroatoms. The standard InChI is InChI=1S/C28H39N7O/c1-19-8-7-9-25(16-19)34-14-12-33(13-15-34)11-10-20(2)29-27(36)18-26-23(5)32-35(24(26)6)28-30-21(3)17-22(4)31-28/h7-9,16-17,20H,10-15,18H2,1-6H3,(H,29,36). The normalized spacial score (nSPS) is 15.2. The third kappa shape index (κ3) is 6.29. The third-order valence-electron chi connectivity index (χ3n) is 6.96. The summed E-state index contributed by atoms with van der Waals surface area (Å²) < 4.78 is 1.75. The summed E-state index contributed by atoms with van der Waals surface area (Å²) in [6, 6.07) is 10.8. The molecule has 0 bridgehead atoms. The fraction of sp³-hybridized carbons (Fsp3) is 0.500. The minimum absolute atomic E-state index is 0.0267. The van der Waals surface area contributed by atoms with Crippen LogP contribution in [0.15, 0.2) is 30.3 Å². The van der Waals surface area contributed by atoms with E-state index in [-0.39, 0.29) is 11.9 Å². The molecule has 0 saturated carbocycles. The van der Waals surface area contributed by atoms with Crippen LogP contribution < -0.4 is 10.2 Å². The van der Waals surface area contributed by atoms with Gasteiger partial charge in [-0.3, -0.25) is 9.69 Å². The summed E-state index contributed by atoms with van der Waals surface area (Å²) in [5, 5.41) is 7.81. The van der Waals surface area contributed by atoms with Gasteiger partial charge in [0.05, 0.1) is 12.1 Å². The van der Waals surface area contributed by atoms with Crippen LogP contribution >= 0.6 is 0 Å². The van der Waals surface area contributed by atoms with Crippen molar-refractivity contribution in [3.63, 3.8) is 0 Å². The summed E-state index contributed by atoms with van der Waals surface area (Å²) in [7, 11) is 0. The van der Waals surface area contributed by atoms with Gasteiger partial charge in [-0.1, -0.05) is 12.1 Å². The third-order valence-corrected chi connectivity index (χ3v) is 6.96. The number of amides is 1. The van der Waals surface area contributed by atoms with E-state index in [2.05, 4.69) is 68.3 Å². The maximum Gasteiger partial charge on any atom is 0.251 e. The Bertz CT molecular complexity index is 1190. The van der Waals surface area contributed by atoms with Crippen LogP contribution in [0.2, 0.25) is 0 Å². The minimum atomic E-state index is 0.0267. The first-order chi connectivity index (χ1) is 17.2. The number of hydrogen-bond donors (Lipinski definition) is 1. The average Bonchev–Trinajstić information content (AvgIpc) is 3.11. The Labute approximate surface area is 214 Å². The number of nitrogens with zero attached hydrogens (tertiary/aromatic N) is 6. The zero-order valence-corrected chi connectivity index (χ0v) is 22.5. The lowest BCUT2D eigenvalue weighted by Crippen LogP contribution is -2.47. The van der Waals surface area contributed by atoms with E-state index in [4.69, 9.17) is 0 Å². The van der Waals surface area contributed by atoms with Gasteiger partial charge in [0, 0.05) is 67.1 Å². The molecular weight excluding hydrogens is 450 g/mol. The largest absolute Gasteiger partial charge is 0.369 e. The van der Waals surface area contributed by atoms with Gasteiger partial charge in [0.2, 0.25) is 5.91 Å². The van der Waals surface area contributed by atoms with Gasteiger partial charge in [0.25, 0.3) is 5.95 Å². The maximum absolute atomic E-state index is 12.9. The maximum atomic E-state index is 12.9. The van der Waals surface area contributed by atoms with Crippen molar-refractivity contribution in [3.05, 3.63) is 64.2 Å². The van der Waals surface area contributed by atoms with Crippen molar-refractivity contribution >= 4 is 11.6 Å². The van der Waals surface area contributed by atoms with Gasteiger partial charge >= 0.3 is 0 Å². The van der Waals surface area contributed by atoms with E-state index in [9.17, 15) is 4.79 Å². The van der Waals surface area contributed by atoms with Crippen molar-refractivity contribution in [2.45, 2.75) is 60.4 Å². The molecule has 192 valence electrons. The van der Waals surface area contributed by atoms with Crippen LogP contribution in [0.1, 0.15) is 47.2 Å². The fourth-order valence-corrected chi connectivity index (χ4v) is 4.92. The number of anilines is 1. The first kappa shape index (κ1) is 25.8. The van der Waals surface area contributed by atoms with Gasteiger partial charge < -0.3 is 10.2 Å². The molecule has 1 amide bonds. The van der Waals surface area contributed by atoms with Crippen molar-refractivity contribution in [2.75, 3.05) is 37.6 Å². The van der Waals surface area contributed by atoms with E-state index in [1.807, 2.05) is 33.8 Å². The average molecular weight is 490 g/mol. The van der Waals surface area contributed by atoms with E-state index in [0.717, 1.165) is 67.5 Å². The molecule has 3 aromatic rings. The Morgan fingerprint density at radius 3 is 2.36 bits per heavy atom. The van der Waals surface area contributed by atoms with Gasteiger partial charge in [-0.2, -0.15) is 5.10 Å². The Morgan fingerprint density at radius 2 is 1.69 bits per heavy atom. The van der Waals surface area contributed by atoms with Crippen LogP contribution in [-0.4, -0.2) is 69.3 Å². The van der Waals surface area contributed by atoms with Crippen LogP contribution in [0.3, 0.4) is 0 Å². The summed E-state index contributed by atoms with van der Waals surface area (Å²) in [4.78, 5) is 26.9. The van der Waals surface area contributed by atoms with Crippen molar-refractivity contribution in [3.8, 4) is 5.95 Å². The van der Waals surface area contributed by atoms with Crippen LogP contribution in [0.25, 0.3) is 5.95 Å². The second-order valence-electron chi connectivity index (χ2n) is 10.1. The summed E-state index contributed by atoms with van der Waals surface area (Å²) in [6.07, 6.45) is 1.24. The van der Waals surface area contributed by atoms with E-state index in [1.54, 1.807) is 4.68 Å². The molecule has 0 radical (unpaired) electrons. The van der Waals surface area contributed by atoms with Crippen molar-refractivity contribution in [1.29, 1.82) is 0 Å². The van der Waals surface area contributed by atoms with Crippen LogP contribution in [0.5, 0.6) is 0 Å². The Balaban J connectivity index is 1.26. The van der Waals surface area contributed by atoms with Crippen LogP contribution in [0, 0.1) is 34.6 Å². The number of piperazine rings is 1. The van der Waals surface area contributed by atoms with Gasteiger partial charge in [0.15, 0.2) is 0 Å². The Morgan fingerprint density at radius 1 is 1.00 bits per heavy atom. The highest BCUT2D eigenvalue weighted by atomic mass is 16.1. The van der Waals surface area contributed by atoms with E-state index in [0.29, 0.717) is 12.4 Å². The first-order valence-corrected chi connectivity index (χ1v) is 12.9. The number of aryl methyl sites for hydroxylation is 4. The van der Waals surface area contributed by atoms with Gasteiger partial charge in [-0.05, 0) is 71.7 Å². The lowest BCUT2D eigenvalue weighted by molar-refractivity contribution is -0.121. The molecule has 8 nitrogen and oxygen atoms in total. The molecule has 1 aliphatic rings. The molecule has 1 saturated heterocycles. The molecule has 4 rings (SSSR count). The summed E-state index contributed by atoms with van der Waals surface area (Å²) in [5.41, 5.74) is 7.10. The number of carbonyl (C=O) groups excluding carboxylic acids is 1. The zero-order valence-electron chi connectivity index (χ0n) is 22.5. The molecule has 1 aliphatic heterocycles. The SMILES string of the molecule is Cc1cccc(N2CCN(CCC(C)NC(=O)Cc3c(C)nn(-c4nc(C)cc(C)n4)c3C)CC2)c1. The minimum Gasteiger partial charge on any atom is -0.369 e. The predicted octanol–water partition coefficient (Wildman–Crippen LogP) is 3.46. The van der Waals surface area contributed by atoms with Crippen molar-refractivity contribution < 1.29 is 4.79 Å². The lowest BCUT2D eigenvalue weighted by atomic mass is 10.1. The summed E-state index contributed by atoms with van der Waals surface area (Å²) >= 11 is 0. The molecule has 1 unspecified atom stereocenters. The second kappa shape index (κ2) is 11.2. The number of aromatic nitrogens is 4. The van der Waals surface area contributed by atoms with Gasteiger partial charge in [0.1, 0.15) is 0 Å². The first-order valence-electron chi connectivity index (χ1n) is 12.9. The molecule has 1 aromatic carbocycles. The molecule has 1 atom stereocenters.